The number of nitrogens with two attached hydrogens (primary N) is 1. The average molecular weight is 413 g/mol. The minimum Gasteiger partial charge on any atom is -0.496 e. The van der Waals surface area contributed by atoms with Gasteiger partial charge in [-0.05, 0) is 43.0 Å². The molecule has 0 radical (unpaired) electrons. The third kappa shape index (κ3) is 4.44. The van der Waals surface area contributed by atoms with Crippen LogP contribution in [0, 0.1) is 5.92 Å². The van der Waals surface area contributed by atoms with E-state index in [4.69, 9.17) is 15.6 Å². The summed E-state index contributed by atoms with van der Waals surface area (Å²) in [6.45, 7) is 0.438. The smallest absolute Gasteiger partial charge is 0.255 e. The van der Waals surface area contributed by atoms with Gasteiger partial charge >= 0.3 is 0 Å². The van der Waals surface area contributed by atoms with E-state index in [0.29, 0.717) is 29.5 Å². The Bertz CT molecular complexity index is 970. The number of amides is 1. The molecule has 7 heteroatoms. The molecule has 6 nitrogen and oxygen atoms in total. The first-order valence-electron chi connectivity index (χ1n) is 9.50. The number of carbonyl (C=O) groups excluding carboxylic acids is 1. The van der Waals surface area contributed by atoms with Crippen molar-refractivity contribution >= 4 is 18.3 Å². The number of benzene rings is 2. The maximum absolute atomic E-state index is 13.1. The highest BCUT2D eigenvalue weighted by Gasteiger charge is 2.32. The Morgan fingerprint density at radius 3 is 2.55 bits per heavy atom. The van der Waals surface area contributed by atoms with Gasteiger partial charge in [-0.1, -0.05) is 30.3 Å². The number of hydrogen-bond donors (Lipinski definition) is 2. The van der Waals surface area contributed by atoms with E-state index in [-0.39, 0.29) is 24.4 Å². The number of rotatable bonds is 7. The molecule has 0 saturated heterocycles. The second-order valence-corrected chi connectivity index (χ2v) is 7.02. The first-order chi connectivity index (χ1) is 13.7. The van der Waals surface area contributed by atoms with Crippen molar-refractivity contribution in [2.24, 2.45) is 11.7 Å². The first-order valence-corrected chi connectivity index (χ1v) is 9.50. The quantitative estimate of drug-likeness (QED) is 0.622. The Morgan fingerprint density at radius 1 is 1.21 bits per heavy atom. The molecular weight excluding hydrogens is 388 g/mol. The highest BCUT2D eigenvalue weighted by Crippen LogP contribution is 2.34. The summed E-state index contributed by atoms with van der Waals surface area (Å²) in [6.07, 6.45) is 4.00. The second-order valence-electron chi connectivity index (χ2n) is 7.02. The van der Waals surface area contributed by atoms with Gasteiger partial charge in [0, 0.05) is 24.3 Å². The Labute approximate surface area is 176 Å². The molecule has 1 unspecified atom stereocenters. The standard InChI is InChI=1S/C22H24N4O2.ClH/c1-28-20-10-6-5-9-17(20)21-18(22(27)24-19(13-23)15-11-12-15)14-26(25-21)16-7-3-2-4-8-16;/h2-10,14-15,19H,11-13,23H2,1H3,(H,24,27);1H. The summed E-state index contributed by atoms with van der Waals surface area (Å²) < 4.78 is 7.23. The number of aromatic nitrogens is 2. The minimum absolute atomic E-state index is 0. The Hall–Kier alpha value is -2.83. The highest BCUT2D eigenvalue weighted by atomic mass is 35.5. The number of nitrogens with one attached hydrogen (secondary N) is 1. The Balaban J connectivity index is 0.00000240. The van der Waals surface area contributed by atoms with Crippen LogP contribution in [0.2, 0.25) is 0 Å². The topological polar surface area (TPSA) is 82.2 Å². The van der Waals surface area contributed by atoms with Gasteiger partial charge in [0.25, 0.3) is 5.91 Å². The van der Waals surface area contributed by atoms with E-state index in [1.807, 2.05) is 54.6 Å². The lowest BCUT2D eigenvalue weighted by Crippen LogP contribution is -2.41. The number of para-hydroxylation sites is 2. The fourth-order valence-corrected chi connectivity index (χ4v) is 3.41. The van der Waals surface area contributed by atoms with Crippen molar-refractivity contribution in [3.8, 4) is 22.7 Å². The number of nitrogens with zero attached hydrogens (tertiary/aromatic N) is 2. The van der Waals surface area contributed by atoms with Crippen LogP contribution < -0.4 is 15.8 Å². The zero-order chi connectivity index (χ0) is 19.5. The van der Waals surface area contributed by atoms with E-state index < -0.39 is 0 Å². The van der Waals surface area contributed by atoms with Gasteiger partial charge < -0.3 is 15.8 Å². The van der Waals surface area contributed by atoms with E-state index in [1.165, 1.54) is 0 Å². The molecule has 1 aromatic heterocycles. The second kappa shape index (κ2) is 9.11. The molecule has 1 aliphatic rings. The van der Waals surface area contributed by atoms with Gasteiger partial charge in [0.1, 0.15) is 11.4 Å². The van der Waals surface area contributed by atoms with Crippen LogP contribution in [-0.4, -0.2) is 35.4 Å². The third-order valence-electron chi connectivity index (χ3n) is 5.10. The molecule has 1 atom stereocenters. The maximum Gasteiger partial charge on any atom is 0.255 e. The molecule has 1 amide bonds. The lowest BCUT2D eigenvalue weighted by Gasteiger charge is -2.16. The molecular formula is C22H25ClN4O2. The van der Waals surface area contributed by atoms with Crippen molar-refractivity contribution < 1.29 is 9.53 Å². The van der Waals surface area contributed by atoms with Gasteiger partial charge in [0.2, 0.25) is 0 Å². The van der Waals surface area contributed by atoms with Crippen molar-refractivity contribution in [3.05, 3.63) is 66.4 Å². The number of hydrogen-bond acceptors (Lipinski definition) is 4. The van der Waals surface area contributed by atoms with Crippen LogP contribution in [0.25, 0.3) is 16.9 Å². The summed E-state index contributed by atoms with van der Waals surface area (Å²) in [7, 11) is 1.62. The predicted octanol–water partition coefficient (Wildman–Crippen LogP) is 3.44. The summed E-state index contributed by atoms with van der Waals surface area (Å²) >= 11 is 0. The summed E-state index contributed by atoms with van der Waals surface area (Å²) in [4.78, 5) is 13.1. The van der Waals surface area contributed by atoms with Crippen molar-refractivity contribution in [1.29, 1.82) is 0 Å². The Morgan fingerprint density at radius 2 is 1.90 bits per heavy atom. The average Bonchev–Trinajstić information content (AvgIpc) is 3.49. The molecule has 3 N–H and O–H groups in total. The zero-order valence-corrected chi connectivity index (χ0v) is 17.1. The van der Waals surface area contributed by atoms with Gasteiger partial charge in [-0.3, -0.25) is 4.79 Å². The summed E-state index contributed by atoms with van der Waals surface area (Å²) in [6, 6.07) is 17.3. The minimum atomic E-state index is -0.162. The predicted molar refractivity (Wildman–Crippen MR) is 116 cm³/mol. The van der Waals surface area contributed by atoms with Crippen LogP contribution in [0.5, 0.6) is 5.75 Å². The lowest BCUT2D eigenvalue weighted by atomic mass is 10.1. The van der Waals surface area contributed by atoms with Crippen LogP contribution in [0.1, 0.15) is 23.2 Å². The molecule has 4 rings (SSSR count). The van der Waals surface area contributed by atoms with Crippen molar-refractivity contribution in [2.75, 3.05) is 13.7 Å². The summed E-state index contributed by atoms with van der Waals surface area (Å²) in [5.74, 6) is 0.991. The fourth-order valence-electron chi connectivity index (χ4n) is 3.41. The maximum atomic E-state index is 13.1. The third-order valence-corrected chi connectivity index (χ3v) is 5.10. The van der Waals surface area contributed by atoms with Crippen molar-refractivity contribution in [1.82, 2.24) is 15.1 Å². The van der Waals surface area contributed by atoms with E-state index in [2.05, 4.69) is 5.32 Å². The molecule has 1 saturated carbocycles. The number of carbonyl (C=O) groups is 1. The number of methoxy groups -OCH3 is 1. The normalized spacial score (nSPS) is 14.0. The molecule has 29 heavy (non-hydrogen) atoms. The molecule has 0 spiro atoms. The highest BCUT2D eigenvalue weighted by molar-refractivity contribution is 6.00. The van der Waals surface area contributed by atoms with E-state index in [1.54, 1.807) is 18.0 Å². The molecule has 1 fully saturated rings. The van der Waals surface area contributed by atoms with E-state index >= 15 is 0 Å². The first kappa shape index (κ1) is 20.9. The van der Waals surface area contributed by atoms with Gasteiger partial charge in [-0.25, -0.2) is 4.68 Å². The van der Waals surface area contributed by atoms with Gasteiger partial charge in [-0.15, -0.1) is 12.4 Å². The molecule has 0 bridgehead atoms. The molecule has 3 aromatic rings. The number of ether oxygens (including phenoxy) is 1. The van der Waals surface area contributed by atoms with Crippen LogP contribution in [0.15, 0.2) is 60.8 Å². The van der Waals surface area contributed by atoms with E-state index in [0.717, 1.165) is 24.1 Å². The SMILES string of the molecule is COc1ccccc1-c1nn(-c2ccccc2)cc1C(=O)NC(CN)C1CC1.Cl. The summed E-state index contributed by atoms with van der Waals surface area (Å²) in [5.41, 5.74) is 8.63. The summed E-state index contributed by atoms with van der Waals surface area (Å²) in [5, 5.41) is 7.82. The zero-order valence-electron chi connectivity index (χ0n) is 16.2. The number of halogens is 1. The van der Waals surface area contributed by atoms with Crippen molar-refractivity contribution in [3.63, 3.8) is 0 Å². The van der Waals surface area contributed by atoms with Gasteiger partial charge in [0.15, 0.2) is 0 Å². The van der Waals surface area contributed by atoms with Gasteiger partial charge in [0.05, 0.1) is 18.4 Å². The fraction of sp³-hybridized carbons (Fsp3) is 0.273. The Kier molecular flexibility index (Phi) is 6.56. The largest absolute Gasteiger partial charge is 0.496 e. The molecule has 0 aliphatic heterocycles. The van der Waals surface area contributed by atoms with E-state index in [9.17, 15) is 4.79 Å². The molecule has 1 heterocycles. The molecule has 2 aromatic carbocycles. The monoisotopic (exact) mass is 412 g/mol. The van der Waals surface area contributed by atoms with Gasteiger partial charge in [-0.2, -0.15) is 5.10 Å². The van der Waals surface area contributed by atoms with Crippen LogP contribution >= 0.6 is 12.4 Å². The van der Waals surface area contributed by atoms with Crippen LogP contribution in [-0.2, 0) is 0 Å². The molecule has 1 aliphatic carbocycles. The van der Waals surface area contributed by atoms with Crippen LogP contribution in [0.4, 0.5) is 0 Å². The van der Waals surface area contributed by atoms with Crippen LogP contribution in [0.3, 0.4) is 0 Å². The lowest BCUT2D eigenvalue weighted by molar-refractivity contribution is 0.0934. The molecule has 152 valence electrons. The van der Waals surface area contributed by atoms with Crippen molar-refractivity contribution in [2.45, 2.75) is 18.9 Å².